The van der Waals surface area contributed by atoms with Crippen LogP contribution in [0.1, 0.15) is 15.2 Å². The van der Waals surface area contributed by atoms with Crippen molar-refractivity contribution in [3.8, 4) is 11.5 Å². The summed E-state index contributed by atoms with van der Waals surface area (Å²) < 4.78 is 10.6. The van der Waals surface area contributed by atoms with Gasteiger partial charge in [-0.2, -0.15) is 5.10 Å². The quantitative estimate of drug-likeness (QED) is 0.268. The second-order valence-electron chi connectivity index (χ2n) is 4.17. The van der Waals surface area contributed by atoms with Gasteiger partial charge in [0.1, 0.15) is 4.88 Å². The molecule has 2 aromatic rings. The first-order valence-corrected chi connectivity index (χ1v) is 7.43. The number of aliphatic hydroxyl groups is 1. The number of hydrogen-bond acceptors (Lipinski definition) is 7. The van der Waals surface area contributed by atoms with Gasteiger partial charge >= 0.3 is 5.97 Å². The summed E-state index contributed by atoms with van der Waals surface area (Å²) in [5.74, 6) is 0.372. The zero-order chi connectivity index (χ0) is 15.8. The fourth-order valence-corrected chi connectivity index (χ4v) is 2.23. The van der Waals surface area contributed by atoms with Crippen LogP contribution in [0.15, 0.2) is 40.8 Å². The van der Waals surface area contributed by atoms with Crippen LogP contribution in [0.4, 0.5) is 0 Å². The van der Waals surface area contributed by atoms with Crippen molar-refractivity contribution in [2.75, 3.05) is 20.3 Å². The van der Waals surface area contributed by atoms with Crippen molar-refractivity contribution >= 4 is 23.5 Å². The number of hydrogen-bond donors (Lipinski definition) is 2. The van der Waals surface area contributed by atoms with Gasteiger partial charge in [-0.15, -0.1) is 11.3 Å². The number of nitrogens with one attached hydrogen (secondary N) is 1. The maximum atomic E-state index is 11.9. The van der Waals surface area contributed by atoms with Gasteiger partial charge in [0, 0.05) is 0 Å². The SMILES string of the molecule is COc1cc(/C=N/NCCO)ccc1OC(=O)c1cccs1. The minimum absolute atomic E-state index is 0.0122. The molecule has 7 heteroatoms. The molecule has 2 N–H and O–H groups in total. The molecule has 0 aliphatic rings. The van der Waals surface area contributed by atoms with Gasteiger partial charge in [0.2, 0.25) is 0 Å². The first-order chi connectivity index (χ1) is 10.7. The van der Waals surface area contributed by atoms with Crippen LogP contribution < -0.4 is 14.9 Å². The van der Waals surface area contributed by atoms with E-state index in [1.165, 1.54) is 18.4 Å². The molecule has 0 aliphatic carbocycles. The minimum Gasteiger partial charge on any atom is -0.493 e. The molecule has 0 aliphatic heterocycles. The number of rotatable bonds is 7. The van der Waals surface area contributed by atoms with E-state index < -0.39 is 5.97 Å². The Bertz CT molecular complexity index is 641. The van der Waals surface area contributed by atoms with Crippen LogP contribution in [-0.4, -0.2) is 37.6 Å². The molecule has 0 spiro atoms. The van der Waals surface area contributed by atoms with Crippen molar-refractivity contribution in [1.82, 2.24) is 5.43 Å². The second-order valence-corrected chi connectivity index (χ2v) is 5.11. The number of carbonyl (C=O) groups excluding carboxylic acids is 1. The summed E-state index contributed by atoms with van der Waals surface area (Å²) in [7, 11) is 1.50. The minimum atomic E-state index is -0.417. The Kier molecular flexibility index (Phi) is 5.93. The van der Waals surface area contributed by atoms with Gasteiger partial charge in [0.15, 0.2) is 11.5 Å². The van der Waals surface area contributed by atoms with Crippen LogP contribution in [-0.2, 0) is 0 Å². The van der Waals surface area contributed by atoms with E-state index in [4.69, 9.17) is 14.6 Å². The molecule has 0 amide bonds. The monoisotopic (exact) mass is 320 g/mol. The van der Waals surface area contributed by atoms with Crippen molar-refractivity contribution in [3.63, 3.8) is 0 Å². The lowest BCUT2D eigenvalue weighted by Crippen LogP contribution is -2.11. The van der Waals surface area contributed by atoms with E-state index >= 15 is 0 Å². The predicted molar refractivity (Wildman–Crippen MR) is 85.0 cm³/mol. The third-order valence-electron chi connectivity index (χ3n) is 2.64. The molecule has 1 aromatic carbocycles. The lowest BCUT2D eigenvalue weighted by atomic mass is 10.2. The summed E-state index contributed by atoms with van der Waals surface area (Å²) in [6, 6.07) is 8.60. The van der Waals surface area contributed by atoms with Crippen molar-refractivity contribution in [2.45, 2.75) is 0 Å². The van der Waals surface area contributed by atoms with Gasteiger partial charge < -0.3 is 20.0 Å². The van der Waals surface area contributed by atoms with Crippen LogP contribution >= 0.6 is 11.3 Å². The van der Waals surface area contributed by atoms with E-state index in [-0.39, 0.29) is 6.61 Å². The average Bonchev–Trinajstić information content (AvgIpc) is 3.07. The van der Waals surface area contributed by atoms with E-state index in [0.717, 1.165) is 5.56 Å². The molecule has 0 unspecified atom stereocenters. The number of esters is 1. The molecule has 1 heterocycles. The Morgan fingerprint density at radius 3 is 2.95 bits per heavy atom. The number of nitrogens with zero attached hydrogens (tertiary/aromatic N) is 1. The molecular formula is C15H16N2O4S. The Morgan fingerprint density at radius 1 is 1.41 bits per heavy atom. The van der Waals surface area contributed by atoms with Crippen molar-refractivity contribution in [1.29, 1.82) is 0 Å². The summed E-state index contributed by atoms with van der Waals surface area (Å²) in [4.78, 5) is 12.5. The topological polar surface area (TPSA) is 80.2 Å². The molecule has 22 heavy (non-hydrogen) atoms. The van der Waals surface area contributed by atoms with Crippen LogP contribution in [0.2, 0.25) is 0 Å². The highest BCUT2D eigenvalue weighted by atomic mass is 32.1. The summed E-state index contributed by atoms with van der Waals surface area (Å²) in [5, 5.41) is 14.4. The van der Waals surface area contributed by atoms with E-state index in [9.17, 15) is 4.79 Å². The molecule has 6 nitrogen and oxygen atoms in total. The molecule has 116 valence electrons. The van der Waals surface area contributed by atoms with E-state index in [2.05, 4.69) is 10.5 Å². The summed E-state index contributed by atoms with van der Waals surface area (Å²) in [5.41, 5.74) is 3.46. The van der Waals surface area contributed by atoms with E-state index in [1.54, 1.807) is 36.5 Å². The Balaban J connectivity index is 2.09. The number of benzene rings is 1. The number of aliphatic hydroxyl groups excluding tert-OH is 1. The lowest BCUT2D eigenvalue weighted by molar-refractivity contribution is 0.0735. The van der Waals surface area contributed by atoms with Crippen LogP contribution in [0, 0.1) is 0 Å². The zero-order valence-electron chi connectivity index (χ0n) is 12.0. The predicted octanol–water partition coefficient (Wildman–Crippen LogP) is 1.89. The normalized spacial score (nSPS) is 10.6. The van der Waals surface area contributed by atoms with Crippen molar-refractivity contribution < 1.29 is 19.4 Å². The molecule has 0 saturated heterocycles. The van der Waals surface area contributed by atoms with Gasteiger partial charge in [-0.25, -0.2) is 4.79 Å². The molecule has 0 bridgehead atoms. The third-order valence-corrected chi connectivity index (χ3v) is 3.49. The molecule has 2 rings (SSSR count). The maximum absolute atomic E-state index is 11.9. The first-order valence-electron chi connectivity index (χ1n) is 6.55. The van der Waals surface area contributed by atoms with Gasteiger partial charge in [0.25, 0.3) is 0 Å². The first kappa shape index (κ1) is 16.0. The largest absolute Gasteiger partial charge is 0.493 e. The number of methoxy groups -OCH3 is 1. The second kappa shape index (κ2) is 8.16. The van der Waals surface area contributed by atoms with Gasteiger partial charge in [0.05, 0.1) is 26.5 Å². The van der Waals surface area contributed by atoms with Crippen LogP contribution in [0.5, 0.6) is 11.5 Å². The van der Waals surface area contributed by atoms with Gasteiger partial charge in [-0.1, -0.05) is 6.07 Å². The molecule has 0 radical (unpaired) electrons. The van der Waals surface area contributed by atoms with E-state index in [0.29, 0.717) is 22.9 Å². The molecule has 0 saturated carbocycles. The van der Waals surface area contributed by atoms with Crippen LogP contribution in [0.3, 0.4) is 0 Å². The summed E-state index contributed by atoms with van der Waals surface area (Å²) >= 11 is 1.32. The fraction of sp³-hybridized carbons (Fsp3) is 0.200. The Morgan fingerprint density at radius 2 is 2.27 bits per heavy atom. The third kappa shape index (κ3) is 4.31. The number of hydrazone groups is 1. The highest BCUT2D eigenvalue weighted by Gasteiger charge is 2.13. The standard InChI is InChI=1S/C15H16N2O4S/c1-20-13-9-11(10-17-16-6-7-18)4-5-12(13)21-15(19)14-3-2-8-22-14/h2-5,8-10,16,18H,6-7H2,1H3/b17-10+. The molecule has 0 fully saturated rings. The van der Waals surface area contributed by atoms with Crippen molar-refractivity contribution in [3.05, 3.63) is 46.2 Å². The number of thiophene rings is 1. The molecule has 0 atom stereocenters. The number of carbonyl (C=O) groups is 1. The average molecular weight is 320 g/mol. The number of ether oxygens (including phenoxy) is 2. The van der Waals surface area contributed by atoms with Crippen molar-refractivity contribution in [2.24, 2.45) is 5.10 Å². The maximum Gasteiger partial charge on any atom is 0.353 e. The lowest BCUT2D eigenvalue weighted by Gasteiger charge is -2.09. The summed E-state index contributed by atoms with van der Waals surface area (Å²) in [6.07, 6.45) is 1.59. The Labute approximate surface area is 132 Å². The molecule has 1 aromatic heterocycles. The highest BCUT2D eigenvalue weighted by molar-refractivity contribution is 7.12. The fourth-order valence-electron chi connectivity index (χ4n) is 1.63. The molecular weight excluding hydrogens is 304 g/mol. The smallest absolute Gasteiger partial charge is 0.353 e. The Hall–Kier alpha value is -2.38. The van der Waals surface area contributed by atoms with Crippen LogP contribution in [0.25, 0.3) is 0 Å². The zero-order valence-corrected chi connectivity index (χ0v) is 12.8. The van der Waals surface area contributed by atoms with Gasteiger partial charge in [-0.3, -0.25) is 0 Å². The highest BCUT2D eigenvalue weighted by Crippen LogP contribution is 2.28. The van der Waals surface area contributed by atoms with Gasteiger partial charge in [-0.05, 0) is 35.2 Å². The summed E-state index contributed by atoms with van der Waals surface area (Å²) in [6.45, 7) is 0.391. The van der Waals surface area contributed by atoms with E-state index in [1.807, 2.05) is 5.38 Å².